The summed E-state index contributed by atoms with van der Waals surface area (Å²) in [5.74, 6) is 2.71. The first-order valence-electron chi connectivity index (χ1n) is 11.7. The average Bonchev–Trinajstić information content (AvgIpc) is 3.41. The maximum Gasteiger partial charge on any atom is 0.132 e. The van der Waals surface area contributed by atoms with Crippen molar-refractivity contribution in [3.63, 3.8) is 0 Å². The van der Waals surface area contributed by atoms with E-state index in [1.807, 2.05) is 43.5 Å². The second-order valence-corrected chi connectivity index (χ2v) is 10.4. The molecule has 2 atom stereocenters. The fourth-order valence-electron chi connectivity index (χ4n) is 4.93. The quantitative estimate of drug-likeness (QED) is 0.507. The van der Waals surface area contributed by atoms with Gasteiger partial charge in [-0.25, -0.2) is 15.0 Å². The number of aromatic nitrogens is 3. The second-order valence-electron chi connectivity index (χ2n) is 9.39. The molecule has 0 bridgehead atoms. The van der Waals surface area contributed by atoms with Crippen LogP contribution in [0.15, 0.2) is 42.7 Å². The molecule has 0 spiro atoms. The van der Waals surface area contributed by atoms with Crippen LogP contribution in [-0.4, -0.2) is 61.9 Å². The third kappa shape index (κ3) is 5.41. The first kappa shape index (κ1) is 22.4. The van der Waals surface area contributed by atoms with Gasteiger partial charge >= 0.3 is 0 Å². The van der Waals surface area contributed by atoms with Crippen LogP contribution in [0.3, 0.4) is 0 Å². The predicted octanol–water partition coefficient (Wildman–Crippen LogP) is 3.96. The Balaban J connectivity index is 1.19. The third-order valence-electron chi connectivity index (χ3n) is 6.74. The van der Waals surface area contributed by atoms with Crippen LogP contribution < -0.4 is 5.32 Å². The summed E-state index contributed by atoms with van der Waals surface area (Å²) in [5, 5.41) is 24.0. The Hall–Kier alpha value is -2.39. The second kappa shape index (κ2) is 9.85. The van der Waals surface area contributed by atoms with Gasteiger partial charge in [-0.3, -0.25) is 4.90 Å². The van der Waals surface area contributed by atoms with E-state index < -0.39 is 12.2 Å². The van der Waals surface area contributed by atoms with Crippen molar-refractivity contribution >= 4 is 23.0 Å². The van der Waals surface area contributed by atoms with Crippen LogP contribution in [0.1, 0.15) is 42.2 Å². The van der Waals surface area contributed by atoms with Crippen LogP contribution in [0.4, 0.5) is 11.6 Å². The van der Waals surface area contributed by atoms with Crippen LogP contribution in [0, 0.1) is 12.8 Å². The Kier molecular flexibility index (Phi) is 6.69. The number of nitrogens with one attached hydrogen (secondary N) is 1. The molecule has 0 aromatic carbocycles. The number of aryl methyl sites for hydroxylation is 1. The molecule has 4 heterocycles. The van der Waals surface area contributed by atoms with Gasteiger partial charge in [-0.1, -0.05) is 6.07 Å². The van der Waals surface area contributed by atoms with Crippen molar-refractivity contribution in [2.75, 3.05) is 25.0 Å². The number of aliphatic hydroxyl groups excluding tert-OH is 2. The number of nitrogens with zero attached hydrogens (tertiary/aromatic N) is 4. The predicted molar refractivity (Wildman–Crippen MR) is 131 cm³/mol. The molecule has 0 amide bonds. The van der Waals surface area contributed by atoms with Crippen molar-refractivity contribution in [2.45, 2.75) is 50.7 Å². The van der Waals surface area contributed by atoms with Crippen LogP contribution in [-0.2, 0) is 0 Å². The Morgan fingerprint density at radius 3 is 2.58 bits per heavy atom. The van der Waals surface area contributed by atoms with Crippen molar-refractivity contribution in [1.29, 1.82) is 0 Å². The number of hydrogen-bond donors (Lipinski definition) is 3. The van der Waals surface area contributed by atoms with Gasteiger partial charge in [0.05, 0.1) is 27.8 Å². The number of anilines is 2. The molecule has 8 heteroatoms. The number of β-amino-alcohol motifs (C(OH)–C–C–N with tert-alkyl or cyclic N) is 2. The van der Waals surface area contributed by atoms with Crippen molar-refractivity contribution in [3.05, 3.63) is 53.3 Å². The van der Waals surface area contributed by atoms with Crippen molar-refractivity contribution in [3.8, 4) is 10.6 Å². The van der Waals surface area contributed by atoms with Gasteiger partial charge < -0.3 is 15.5 Å². The van der Waals surface area contributed by atoms with Gasteiger partial charge in [0.1, 0.15) is 11.6 Å². The first-order chi connectivity index (χ1) is 16.0. The Morgan fingerprint density at radius 2 is 1.82 bits per heavy atom. The Bertz CT molecular complexity index is 1070. The van der Waals surface area contributed by atoms with Gasteiger partial charge in [0.15, 0.2) is 0 Å². The number of aliphatic hydroxyl groups is 2. The fraction of sp³-hybridized carbons (Fsp3) is 0.480. The van der Waals surface area contributed by atoms with Crippen molar-refractivity contribution in [1.82, 2.24) is 19.9 Å². The molecular formula is C25H31N5O2S. The van der Waals surface area contributed by atoms with E-state index in [-0.39, 0.29) is 0 Å². The van der Waals surface area contributed by atoms with Crippen LogP contribution >= 0.6 is 11.3 Å². The highest BCUT2D eigenvalue weighted by Crippen LogP contribution is 2.39. The van der Waals surface area contributed by atoms with E-state index in [1.54, 1.807) is 17.5 Å². The van der Waals surface area contributed by atoms with Gasteiger partial charge in [0, 0.05) is 37.9 Å². The number of likely N-dealkylation sites (tertiary alicyclic amines) is 1. The molecule has 1 saturated heterocycles. The largest absolute Gasteiger partial charge is 0.389 e. The van der Waals surface area contributed by atoms with Gasteiger partial charge in [-0.05, 0) is 68.4 Å². The van der Waals surface area contributed by atoms with Crippen molar-refractivity contribution in [2.24, 2.45) is 5.92 Å². The van der Waals surface area contributed by atoms with E-state index in [0.717, 1.165) is 47.2 Å². The first-order valence-corrected chi connectivity index (χ1v) is 12.6. The van der Waals surface area contributed by atoms with Gasteiger partial charge in [0.2, 0.25) is 0 Å². The highest BCUT2D eigenvalue weighted by atomic mass is 32.1. The summed E-state index contributed by atoms with van der Waals surface area (Å²) in [5.41, 5.74) is 2.08. The lowest BCUT2D eigenvalue weighted by atomic mass is 9.82. The molecular weight excluding hydrogens is 434 g/mol. The lowest BCUT2D eigenvalue weighted by Crippen LogP contribution is -2.30. The SMILES string of the molecule is Cc1ccnc(Nc2cccc(-c3cnc(C4CCC(CN5C[C@@H](O)[C@@H](O)C5)CC4)s3)n2)c1. The molecule has 0 unspecified atom stereocenters. The zero-order valence-corrected chi connectivity index (χ0v) is 19.7. The number of pyridine rings is 2. The molecule has 2 aliphatic rings. The smallest absolute Gasteiger partial charge is 0.132 e. The highest BCUT2D eigenvalue weighted by Gasteiger charge is 2.32. The van der Waals surface area contributed by atoms with E-state index in [4.69, 9.17) is 9.97 Å². The lowest BCUT2D eigenvalue weighted by molar-refractivity contribution is 0.0572. The molecule has 2 fully saturated rings. The maximum absolute atomic E-state index is 9.78. The van der Waals surface area contributed by atoms with E-state index in [9.17, 15) is 10.2 Å². The van der Waals surface area contributed by atoms with Crippen LogP contribution in [0.2, 0.25) is 0 Å². The normalized spacial score (nSPS) is 25.9. The molecule has 1 aliphatic carbocycles. The van der Waals surface area contributed by atoms with E-state index >= 15 is 0 Å². The molecule has 3 aromatic heterocycles. The van der Waals surface area contributed by atoms with Crippen LogP contribution in [0.5, 0.6) is 0 Å². The van der Waals surface area contributed by atoms with E-state index in [1.165, 1.54) is 17.8 Å². The minimum atomic E-state index is -0.592. The van der Waals surface area contributed by atoms with Gasteiger partial charge in [-0.2, -0.15) is 0 Å². The minimum Gasteiger partial charge on any atom is -0.389 e. The van der Waals surface area contributed by atoms with E-state index in [0.29, 0.717) is 24.9 Å². The summed E-state index contributed by atoms with van der Waals surface area (Å²) < 4.78 is 0. The number of thiazole rings is 1. The highest BCUT2D eigenvalue weighted by molar-refractivity contribution is 7.15. The summed E-state index contributed by atoms with van der Waals surface area (Å²) in [6.07, 6.45) is 7.19. The minimum absolute atomic E-state index is 0.507. The zero-order valence-electron chi connectivity index (χ0n) is 18.9. The summed E-state index contributed by atoms with van der Waals surface area (Å²) >= 11 is 1.75. The molecule has 33 heavy (non-hydrogen) atoms. The molecule has 3 N–H and O–H groups in total. The molecule has 3 aromatic rings. The molecule has 5 rings (SSSR count). The summed E-state index contributed by atoms with van der Waals surface area (Å²) in [6, 6.07) is 9.97. The number of hydrogen-bond acceptors (Lipinski definition) is 8. The molecule has 174 valence electrons. The van der Waals surface area contributed by atoms with Crippen molar-refractivity contribution < 1.29 is 10.2 Å². The summed E-state index contributed by atoms with van der Waals surface area (Å²) in [7, 11) is 0. The average molecular weight is 466 g/mol. The maximum atomic E-state index is 9.78. The molecule has 7 nitrogen and oxygen atoms in total. The summed E-state index contributed by atoms with van der Waals surface area (Å²) in [6.45, 7) is 4.21. The topological polar surface area (TPSA) is 94.4 Å². The number of rotatable bonds is 6. The third-order valence-corrected chi connectivity index (χ3v) is 7.93. The lowest BCUT2D eigenvalue weighted by Gasteiger charge is -2.30. The van der Waals surface area contributed by atoms with Gasteiger partial charge in [0.25, 0.3) is 0 Å². The monoisotopic (exact) mass is 465 g/mol. The van der Waals surface area contributed by atoms with Gasteiger partial charge in [-0.15, -0.1) is 11.3 Å². The zero-order chi connectivity index (χ0) is 22.8. The van der Waals surface area contributed by atoms with E-state index in [2.05, 4.69) is 15.2 Å². The molecule has 0 radical (unpaired) electrons. The molecule has 1 saturated carbocycles. The fourth-order valence-corrected chi connectivity index (χ4v) is 5.98. The summed E-state index contributed by atoms with van der Waals surface area (Å²) in [4.78, 5) is 17.2. The van der Waals surface area contributed by atoms with Crippen LogP contribution in [0.25, 0.3) is 10.6 Å². The Morgan fingerprint density at radius 1 is 1.03 bits per heavy atom. The molecule has 1 aliphatic heterocycles. The standard InChI is InChI=1S/C25H31N5O2S/c1-16-9-10-26-24(11-16)29-23-4-2-3-19(28-23)22-12-27-25(33-22)18-7-5-17(6-8-18)13-30-14-20(31)21(32)15-30/h2-4,9-12,17-18,20-21,31-32H,5-8,13-15H2,1H3,(H,26,28,29)/t17?,18?,20-,21+. The Labute approximate surface area is 198 Å².